The van der Waals surface area contributed by atoms with Gasteiger partial charge in [-0.2, -0.15) is 0 Å². The van der Waals surface area contributed by atoms with Gasteiger partial charge in [0.1, 0.15) is 5.02 Å². The zero-order valence-electron chi connectivity index (χ0n) is 9.07. The summed E-state index contributed by atoms with van der Waals surface area (Å²) in [6.45, 7) is 0. The maximum atomic E-state index is 11.4. The van der Waals surface area contributed by atoms with Gasteiger partial charge in [0.05, 0.1) is 9.83 Å². The average molecular weight is 318 g/mol. The van der Waals surface area contributed by atoms with E-state index in [9.17, 15) is 14.9 Å². The Labute approximate surface area is 121 Å². The number of benzene rings is 1. The number of nitro groups is 1. The molecule has 0 spiro atoms. The second kappa shape index (κ2) is 5.20. The first kappa shape index (κ1) is 13.9. The summed E-state index contributed by atoms with van der Waals surface area (Å²) in [5, 5.41) is 20.5. The predicted molar refractivity (Wildman–Crippen MR) is 74.6 cm³/mol. The molecule has 0 aromatic heterocycles. The van der Waals surface area contributed by atoms with Gasteiger partial charge in [0, 0.05) is 16.7 Å². The van der Waals surface area contributed by atoms with E-state index in [4.69, 9.17) is 28.6 Å². The van der Waals surface area contributed by atoms with Crippen molar-refractivity contribution in [1.82, 2.24) is 5.32 Å². The third-order valence-electron chi connectivity index (χ3n) is 2.21. The molecule has 0 aliphatic carbocycles. The van der Waals surface area contributed by atoms with Crippen molar-refractivity contribution in [3.05, 3.63) is 42.8 Å². The molecule has 1 aromatic rings. The highest BCUT2D eigenvalue weighted by molar-refractivity contribution is 8.18. The SMILES string of the molecule is N=C1NC(=O)/C(=C\c2cc([N+](=O)[O-])c(Cl)cc2Cl)S1. The molecule has 1 heterocycles. The van der Waals surface area contributed by atoms with E-state index < -0.39 is 10.8 Å². The molecule has 6 nitrogen and oxygen atoms in total. The Morgan fingerprint density at radius 1 is 1.37 bits per heavy atom. The first-order valence-electron chi connectivity index (χ1n) is 4.81. The first-order chi connectivity index (χ1) is 8.88. The van der Waals surface area contributed by atoms with Crippen LogP contribution in [-0.2, 0) is 4.79 Å². The summed E-state index contributed by atoms with van der Waals surface area (Å²) >= 11 is 12.5. The number of hydrogen-bond acceptors (Lipinski definition) is 5. The number of nitrogens with zero attached hydrogens (tertiary/aromatic N) is 1. The van der Waals surface area contributed by atoms with E-state index in [1.54, 1.807) is 0 Å². The third-order valence-corrected chi connectivity index (χ3v) is 3.67. The standard InChI is InChI=1S/C10H5Cl2N3O3S/c11-5-3-6(12)7(15(17)18)1-4(5)2-8-9(16)14-10(13)19-8/h1-3H,(H2,13,14,16)/b8-2+. The number of nitrogens with one attached hydrogen (secondary N) is 2. The van der Waals surface area contributed by atoms with E-state index >= 15 is 0 Å². The molecule has 9 heteroatoms. The van der Waals surface area contributed by atoms with E-state index in [-0.39, 0.29) is 25.8 Å². The molecule has 98 valence electrons. The fraction of sp³-hybridized carbons (Fsp3) is 0. The number of carbonyl (C=O) groups is 1. The number of amidine groups is 1. The number of hydrogen-bond donors (Lipinski definition) is 2. The van der Waals surface area contributed by atoms with Crippen molar-refractivity contribution in [3.8, 4) is 0 Å². The highest BCUT2D eigenvalue weighted by atomic mass is 35.5. The summed E-state index contributed by atoms with van der Waals surface area (Å²) in [4.78, 5) is 21.8. The van der Waals surface area contributed by atoms with Gasteiger partial charge in [-0.25, -0.2) is 0 Å². The van der Waals surface area contributed by atoms with E-state index in [1.165, 1.54) is 18.2 Å². The predicted octanol–water partition coefficient (Wildman–Crippen LogP) is 3.04. The minimum atomic E-state index is -0.634. The number of thioether (sulfide) groups is 1. The summed E-state index contributed by atoms with van der Waals surface area (Å²) in [6.07, 6.45) is 1.38. The lowest BCUT2D eigenvalue weighted by molar-refractivity contribution is -0.384. The van der Waals surface area contributed by atoms with Gasteiger partial charge < -0.3 is 5.32 Å². The molecule has 0 atom stereocenters. The third kappa shape index (κ3) is 2.89. The molecule has 0 unspecified atom stereocenters. The number of halogens is 2. The fourth-order valence-corrected chi connectivity index (χ4v) is 2.59. The van der Waals surface area contributed by atoms with Crippen molar-refractivity contribution in [2.24, 2.45) is 0 Å². The van der Waals surface area contributed by atoms with Crippen molar-refractivity contribution in [3.63, 3.8) is 0 Å². The summed E-state index contributed by atoms with van der Waals surface area (Å²) in [5.41, 5.74) is 0.00140. The van der Waals surface area contributed by atoms with Gasteiger partial charge in [0.25, 0.3) is 11.6 Å². The van der Waals surface area contributed by atoms with E-state index in [2.05, 4.69) is 5.32 Å². The molecule has 1 fully saturated rings. The van der Waals surface area contributed by atoms with Crippen molar-refractivity contribution in [1.29, 1.82) is 5.41 Å². The van der Waals surface area contributed by atoms with Gasteiger partial charge in [0.2, 0.25) is 0 Å². The number of nitro benzene ring substituents is 1. The van der Waals surface area contributed by atoms with E-state index in [0.29, 0.717) is 5.56 Å². The van der Waals surface area contributed by atoms with E-state index in [0.717, 1.165) is 11.8 Å². The first-order valence-corrected chi connectivity index (χ1v) is 6.38. The van der Waals surface area contributed by atoms with Crippen molar-refractivity contribution in [2.45, 2.75) is 0 Å². The van der Waals surface area contributed by atoms with Crippen LogP contribution in [0.1, 0.15) is 5.56 Å². The van der Waals surface area contributed by atoms with Gasteiger partial charge in [-0.3, -0.25) is 20.3 Å². The second-order valence-electron chi connectivity index (χ2n) is 3.48. The molecule has 1 saturated heterocycles. The quantitative estimate of drug-likeness (QED) is 0.497. The topological polar surface area (TPSA) is 96.1 Å². The van der Waals surface area contributed by atoms with Gasteiger partial charge >= 0.3 is 0 Å². The van der Waals surface area contributed by atoms with Crippen molar-refractivity contribution < 1.29 is 9.72 Å². The number of amides is 1. The summed E-state index contributed by atoms with van der Waals surface area (Å²) in [7, 11) is 0. The molecule has 1 aliphatic heterocycles. The maximum Gasteiger partial charge on any atom is 0.288 e. The molecular formula is C10H5Cl2N3O3S. The lowest BCUT2D eigenvalue weighted by atomic mass is 10.2. The van der Waals surface area contributed by atoms with Gasteiger partial charge in [-0.05, 0) is 23.9 Å². The smallest absolute Gasteiger partial charge is 0.288 e. The largest absolute Gasteiger partial charge is 0.301 e. The minimum Gasteiger partial charge on any atom is -0.301 e. The maximum absolute atomic E-state index is 11.4. The lowest BCUT2D eigenvalue weighted by Crippen LogP contribution is -2.18. The van der Waals surface area contributed by atoms with Gasteiger partial charge in [0.15, 0.2) is 5.17 Å². The number of carbonyl (C=O) groups excluding carboxylic acids is 1. The summed E-state index contributed by atoms with van der Waals surface area (Å²) in [6, 6.07) is 2.43. The van der Waals surface area contributed by atoms with Crippen LogP contribution in [0.5, 0.6) is 0 Å². The van der Waals surface area contributed by atoms with Crippen LogP contribution in [0.15, 0.2) is 17.0 Å². The van der Waals surface area contributed by atoms with Crippen LogP contribution in [0.2, 0.25) is 10.0 Å². The Morgan fingerprint density at radius 3 is 2.58 bits per heavy atom. The van der Waals surface area contributed by atoms with Crippen LogP contribution >= 0.6 is 35.0 Å². The van der Waals surface area contributed by atoms with Crippen LogP contribution in [0, 0.1) is 15.5 Å². The second-order valence-corrected chi connectivity index (χ2v) is 5.34. The van der Waals surface area contributed by atoms with Crippen LogP contribution in [0.25, 0.3) is 6.08 Å². The fourth-order valence-electron chi connectivity index (χ4n) is 1.39. The molecule has 2 rings (SSSR count). The Balaban J connectivity index is 2.49. The van der Waals surface area contributed by atoms with Crippen molar-refractivity contribution >= 4 is 57.8 Å². The Bertz CT molecular complexity index is 645. The molecule has 2 N–H and O–H groups in total. The molecule has 1 amide bonds. The van der Waals surface area contributed by atoms with Crippen molar-refractivity contribution in [2.75, 3.05) is 0 Å². The highest BCUT2D eigenvalue weighted by Gasteiger charge is 2.23. The van der Waals surface area contributed by atoms with Crippen LogP contribution in [-0.4, -0.2) is 16.0 Å². The summed E-state index contributed by atoms with van der Waals surface area (Å²) < 4.78 is 0. The zero-order valence-corrected chi connectivity index (χ0v) is 11.4. The molecule has 1 aromatic carbocycles. The van der Waals surface area contributed by atoms with Crippen LogP contribution in [0.3, 0.4) is 0 Å². The summed E-state index contributed by atoms with van der Waals surface area (Å²) in [5.74, 6) is -0.441. The molecule has 0 saturated carbocycles. The minimum absolute atomic E-state index is 0.00386. The lowest BCUT2D eigenvalue weighted by Gasteiger charge is -2.01. The zero-order chi connectivity index (χ0) is 14.2. The number of rotatable bonds is 2. The Morgan fingerprint density at radius 2 is 2.05 bits per heavy atom. The van der Waals surface area contributed by atoms with Crippen LogP contribution < -0.4 is 5.32 Å². The molecule has 1 aliphatic rings. The molecule has 0 bridgehead atoms. The molecular weight excluding hydrogens is 313 g/mol. The average Bonchev–Trinajstić information content (AvgIpc) is 2.60. The van der Waals surface area contributed by atoms with Gasteiger partial charge in [-0.15, -0.1) is 0 Å². The Kier molecular flexibility index (Phi) is 3.79. The normalized spacial score (nSPS) is 16.8. The molecule has 0 radical (unpaired) electrons. The van der Waals surface area contributed by atoms with E-state index in [1.807, 2.05) is 0 Å². The highest BCUT2D eigenvalue weighted by Crippen LogP contribution is 2.34. The Hall–Kier alpha value is -1.57. The van der Waals surface area contributed by atoms with Gasteiger partial charge in [-0.1, -0.05) is 23.2 Å². The van der Waals surface area contributed by atoms with Crippen LogP contribution in [0.4, 0.5) is 5.69 Å². The molecule has 19 heavy (non-hydrogen) atoms. The monoisotopic (exact) mass is 317 g/mol.